The third-order valence-electron chi connectivity index (χ3n) is 2.32. The molecule has 92 valence electrons. The zero-order valence-electron chi connectivity index (χ0n) is 8.84. The molecule has 2 aromatic rings. The van der Waals surface area contributed by atoms with Crippen LogP contribution in [0.25, 0.3) is 10.2 Å². The van der Waals surface area contributed by atoms with Crippen molar-refractivity contribution in [1.29, 1.82) is 0 Å². The highest BCUT2D eigenvalue weighted by molar-refractivity contribution is 7.17. The topological polar surface area (TPSA) is 34.0 Å². The molecule has 7 heteroatoms. The summed E-state index contributed by atoms with van der Waals surface area (Å²) >= 11 is 1.31. The quantitative estimate of drug-likeness (QED) is 0.887. The average Bonchev–Trinajstić information content (AvgIpc) is 2.78. The Morgan fingerprint density at radius 3 is 2.82 bits per heavy atom. The van der Waals surface area contributed by atoms with Crippen molar-refractivity contribution in [3.8, 4) is 0 Å². The fourth-order valence-corrected chi connectivity index (χ4v) is 2.47. The minimum atomic E-state index is -4.35. The van der Waals surface area contributed by atoms with Gasteiger partial charge in [0, 0.05) is 7.05 Å². The van der Waals surface area contributed by atoms with E-state index in [0.29, 0.717) is 10.2 Å². The van der Waals surface area contributed by atoms with Crippen LogP contribution in [-0.2, 0) is 6.54 Å². The monoisotopic (exact) mass is 262 g/mol. The number of rotatable bonds is 2. The van der Waals surface area contributed by atoms with E-state index in [4.69, 9.17) is 0 Å². The second kappa shape index (κ2) is 4.06. The Kier molecular flexibility index (Phi) is 2.86. The van der Waals surface area contributed by atoms with E-state index in [9.17, 15) is 18.0 Å². The van der Waals surface area contributed by atoms with Crippen LogP contribution in [0, 0.1) is 0 Å². The van der Waals surface area contributed by atoms with Gasteiger partial charge in [0.15, 0.2) is 0 Å². The van der Waals surface area contributed by atoms with Crippen molar-refractivity contribution in [2.45, 2.75) is 12.7 Å². The predicted molar refractivity (Wildman–Crippen MR) is 59.3 cm³/mol. The number of carbonyl (C=O) groups is 1. The van der Waals surface area contributed by atoms with Crippen LogP contribution in [0.2, 0.25) is 0 Å². The number of nitrogens with one attached hydrogen (secondary N) is 1. The molecule has 3 nitrogen and oxygen atoms in total. The van der Waals surface area contributed by atoms with Gasteiger partial charge in [-0.3, -0.25) is 4.79 Å². The molecule has 0 atom stereocenters. The van der Waals surface area contributed by atoms with Gasteiger partial charge in [-0.15, -0.1) is 11.3 Å². The third kappa shape index (κ3) is 2.28. The number of aromatic nitrogens is 1. The van der Waals surface area contributed by atoms with Gasteiger partial charge < -0.3 is 9.88 Å². The van der Waals surface area contributed by atoms with Crippen molar-refractivity contribution in [2.75, 3.05) is 7.05 Å². The number of hydrogen-bond acceptors (Lipinski definition) is 2. The molecule has 0 unspecified atom stereocenters. The molecular weight excluding hydrogens is 253 g/mol. The zero-order valence-corrected chi connectivity index (χ0v) is 9.65. The lowest BCUT2D eigenvalue weighted by Gasteiger charge is -2.11. The highest BCUT2D eigenvalue weighted by Gasteiger charge is 2.31. The fraction of sp³-hybridized carbons (Fsp3) is 0.300. The normalized spacial score (nSPS) is 12.0. The summed E-state index contributed by atoms with van der Waals surface area (Å²) < 4.78 is 39.0. The minimum Gasteiger partial charge on any atom is -0.354 e. The van der Waals surface area contributed by atoms with Crippen LogP contribution in [0.15, 0.2) is 17.5 Å². The molecule has 2 heterocycles. The molecule has 0 aliphatic carbocycles. The summed E-state index contributed by atoms with van der Waals surface area (Å²) in [5, 5.41) is 4.04. The van der Waals surface area contributed by atoms with Gasteiger partial charge >= 0.3 is 6.18 Å². The van der Waals surface area contributed by atoms with Crippen LogP contribution >= 0.6 is 11.3 Å². The molecule has 0 saturated carbocycles. The maximum atomic E-state index is 12.5. The van der Waals surface area contributed by atoms with Crippen LogP contribution in [0.4, 0.5) is 13.2 Å². The maximum absolute atomic E-state index is 12.5. The van der Waals surface area contributed by atoms with E-state index in [0.717, 1.165) is 4.57 Å². The molecule has 0 aliphatic heterocycles. The third-order valence-corrected chi connectivity index (χ3v) is 3.17. The van der Waals surface area contributed by atoms with Gasteiger partial charge in [-0.25, -0.2) is 0 Å². The van der Waals surface area contributed by atoms with Crippen LogP contribution in [-0.4, -0.2) is 23.7 Å². The molecule has 1 amide bonds. The van der Waals surface area contributed by atoms with Crippen molar-refractivity contribution in [2.24, 2.45) is 0 Å². The summed E-state index contributed by atoms with van der Waals surface area (Å²) in [5.41, 5.74) is 0.470. The van der Waals surface area contributed by atoms with Gasteiger partial charge in [0.2, 0.25) is 0 Å². The Morgan fingerprint density at radius 1 is 1.53 bits per heavy atom. The molecule has 0 bridgehead atoms. The second-order valence-corrected chi connectivity index (χ2v) is 4.43. The molecule has 2 rings (SSSR count). The first-order chi connectivity index (χ1) is 7.92. The number of fused-ring (bicyclic) bond motifs is 1. The lowest BCUT2D eigenvalue weighted by atomic mass is 10.4. The van der Waals surface area contributed by atoms with Crippen molar-refractivity contribution in [1.82, 2.24) is 9.88 Å². The lowest BCUT2D eigenvalue weighted by Crippen LogP contribution is -2.25. The van der Waals surface area contributed by atoms with Crippen LogP contribution in [0.3, 0.4) is 0 Å². The maximum Gasteiger partial charge on any atom is 0.406 e. The molecule has 0 saturated heterocycles. The van der Waals surface area contributed by atoms with E-state index in [1.165, 1.54) is 24.5 Å². The Balaban J connectivity index is 2.54. The molecular formula is C10H9F3N2OS. The molecule has 2 aromatic heterocycles. The Morgan fingerprint density at radius 2 is 2.24 bits per heavy atom. The van der Waals surface area contributed by atoms with Gasteiger partial charge in [0.1, 0.15) is 12.2 Å². The van der Waals surface area contributed by atoms with Gasteiger partial charge in [0.05, 0.1) is 10.2 Å². The Labute approximate surface area is 98.8 Å². The molecule has 17 heavy (non-hydrogen) atoms. The standard InChI is InChI=1S/C10H9F3N2OS/c1-14-9(16)7-4-8-6(2-3-17-8)15(7)5-10(11,12)13/h2-4H,5H2,1H3,(H,14,16). The molecule has 0 aliphatic rings. The average molecular weight is 262 g/mol. The Hall–Kier alpha value is -1.50. The SMILES string of the molecule is CNC(=O)c1cc2sccc2n1CC(F)(F)F. The number of halogens is 3. The van der Waals surface area contributed by atoms with E-state index in [1.54, 1.807) is 11.4 Å². The van der Waals surface area contributed by atoms with Gasteiger partial charge in [-0.2, -0.15) is 13.2 Å². The first-order valence-electron chi connectivity index (χ1n) is 4.78. The van der Waals surface area contributed by atoms with Gasteiger partial charge in [0.25, 0.3) is 5.91 Å². The summed E-state index contributed by atoms with van der Waals surface area (Å²) in [7, 11) is 1.39. The van der Waals surface area contributed by atoms with Crippen LogP contribution < -0.4 is 5.32 Å². The van der Waals surface area contributed by atoms with E-state index in [1.807, 2.05) is 0 Å². The number of alkyl halides is 3. The highest BCUT2D eigenvalue weighted by Crippen LogP contribution is 2.28. The van der Waals surface area contributed by atoms with Crippen molar-refractivity contribution in [3.63, 3.8) is 0 Å². The smallest absolute Gasteiger partial charge is 0.354 e. The zero-order chi connectivity index (χ0) is 12.6. The number of carbonyl (C=O) groups excluding carboxylic acids is 1. The van der Waals surface area contributed by atoms with Gasteiger partial charge in [-0.05, 0) is 17.5 Å². The molecule has 0 fully saturated rings. The van der Waals surface area contributed by atoms with Gasteiger partial charge in [-0.1, -0.05) is 0 Å². The Bertz CT molecular complexity index is 555. The van der Waals surface area contributed by atoms with E-state index in [2.05, 4.69) is 5.32 Å². The summed E-state index contributed by atoms with van der Waals surface area (Å²) in [6, 6.07) is 3.06. The molecule has 0 radical (unpaired) electrons. The van der Waals surface area contributed by atoms with E-state index in [-0.39, 0.29) is 5.69 Å². The lowest BCUT2D eigenvalue weighted by molar-refractivity contribution is -0.140. The highest BCUT2D eigenvalue weighted by atomic mass is 32.1. The largest absolute Gasteiger partial charge is 0.406 e. The number of nitrogens with zero attached hydrogens (tertiary/aromatic N) is 1. The summed E-state index contributed by atoms with van der Waals surface area (Å²) in [5.74, 6) is -0.516. The number of amides is 1. The van der Waals surface area contributed by atoms with E-state index < -0.39 is 18.6 Å². The van der Waals surface area contributed by atoms with Crippen molar-refractivity contribution >= 4 is 27.5 Å². The summed E-state index contributed by atoms with van der Waals surface area (Å²) in [6.07, 6.45) is -4.35. The molecule has 1 N–H and O–H groups in total. The first-order valence-corrected chi connectivity index (χ1v) is 5.66. The fourth-order valence-electron chi connectivity index (χ4n) is 1.64. The van der Waals surface area contributed by atoms with Crippen molar-refractivity contribution < 1.29 is 18.0 Å². The minimum absolute atomic E-state index is 0.0340. The van der Waals surface area contributed by atoms with Crippen LogP contribution in [0.1, 0.15) is 10.5 Å². The number of hydrogen-bond donors (Lipinski definition) is 1. The van der Waals surface area contributed by atoms with Crippen molar-refractivity contribution in [3.05, 3.63) is 23.2 Å². The summed E-state index contributed by atoms with van der Waals surface area (Å²) in [6.45, 7) is -1.16. The van der Waals surface area contributed by atoms with Crippen LogP contribution in [0.5, 0.6) is 0 Å². The predicted octanol–water partition coefficient (Wildman–Crippen LogP) is 2.62. The van der Waals surface area contributed by atoms with E-state index >= 15 is 0 Å². The second-order valence-electron chi connectivity index (χ2n) is 3.48. The summed E-state index contributed by atoms with van der Waals surface area (Å²) in [4.78, 5) is 11.5. The number of thiophene rings is 1. The first kappa shape index (κ1) is 12.0. The molecule has 0 aromatic carbocycles. The molecule has 0 spiro atoms.